The van der Waals surface area contributed by atoms with Gasteiger partial charge in [0.1, 0.15) is 0 Å². The molecule has 1 aliphatic rings. The summed E-state index contributed by atoms with van der Waals surface area (Å²) < 4.78 is 1.46. The van der Waals surface area contributed by atoms with E-state index in [2.05, 4.69) is 162 Å². The van der Waals surface area contributed by atoms with Crippen molar-refractivity contribution in [2.45, 2.75) is 106 Å². The zero-order valence-corrected chi connectivity index (χ0v) is 34.3. The Morgan fingerprint density at radius 2 is 1.32 bits per heavy atom. The second-order valence-electron chi connectivity index (χ2n) is 15.2. The summed E-state index contributed by atoms with van der Waals surface area (Å²) in [4.78, 5) is 0. The molecule has 0 saturated heterocycles. The van der Waals surface area contributed by atoms with Crippen molar-refractivity contribution in [3.8, 4) is 11.1 Å². The van der Waals surface area contributed by atoms with E-state index in [1.54, 1.807) is 5.19 Å². The number of fused-ring (bicyclic) bond motifs is 3. The fraction of sp³-hybridized carbons (Fsp3) is 0.400. The minimum Gasteiger partial charge on any atom is -1.00 e. The van der Waals surface area contributed by atoms with Gasteiger partial charge in [0.15, 0.2) is 0 Å². The number of hydrogen-bond acceptors (Lipinski definition) is 0. The molecule has 4 aromatic rings. The summed E-state index contributed by atoms with van der Waals surface area (Å²) in [6.45, 7) is 29.5. The maximum atomic E-state index is 3.53. The summed E-state index contributed by atoms with van der Waals surface area (Å²) in [6.07, 6.45) is 1.03. The molecule has 0 fully saturated rings. The average Bonchev–Trinajstić information content (AvgIpc) is 3.42. The van der Waals surface area contributed by atoms with Crippen LogP contribution in [0.25, 0.3) is 11.1 Å². The van der Waals surface area contributed by atoms with E-state index in [1.165, 1.54) is 83.1 Å². The predicted molar refractivity (Wildman–Crippen MR) is 186 cm³/mol. The van der Waals surface area contributed by atoms with Gasteiger partial charge in [0, 0.05) is 8.07 Å². The van der Waals surface area contributed by atoms with Crippen LogP contribution in [-0.4, -0.2) is 11.3 Å². The molecule has 5 rings (SSSR count). The van der Waals surface area contributed by atoms with Crippen molar-refractivity contribution in [3.63, 3.8) is 0 Å². The van der Waals surface area contributed by atoms with Crippen molar-refractivity contribution in [2.24, 2.45) is 0 Å². The fourth-order valence-electron chi connectivity index (χ4n) is 5.40. The molecule has 0 saturated carbocycles. The Balaban J connectivity index is 0.000000358. The maximum Gasteiger partial charge on any atom is 0.00418 e. The molecule has 0 N–H and O–H groups in total. The van der Waals surface area contributed by atoms with Crippen LogP contribution in [-0.2, 0) is 41.5 Å². The van der Waals surface area contributed by atoms with Gasteiger partial charge in [0.05, 0.1) is 0 Å². The van der Waals surface area contributed by atoms with Crippen LogP contribution in [0.1, 0.15) is 93.0 Å². The number of aryl methyl sites for hydroxylation is 3. The SMILES string of the molecule is CC(C)(C)c1c[c-]c2c(c1)-c1cc(C(C)(C)C)ccc1C2.C[C](=[Zr+2])c1ccc(C)cc1.Cc1cc([Si](C)(C)C)c(C)[cH-]1.[Cl-].[Cl-]. The Kier molecular flexibility index (Phi) is 14.7. The Morgan fingerprint density at radius 1 is 0.773 bits per heavy atom. The minimum atomic E-state index is -1.06. The van der Waals surface area contributed by atoms with Gasteiger partial charge in [-0.1, -0.05) is 110 Å². The van der Waals surface area contributed by atoms with Crippen LogP contribution in [0.3, 0.4) is 0 Å². The van der Waals surface area contributed by atoms with Crippen LogP contribution in [0.5, 0.6) is 0 Å². The molecule has 4 heteroatoms. The van der Waals surface area contributed by atoms with Crippen molar-refractivity contribution in [3.05, 3.63) is 117 Å². The van der Waals surface area contributed by atoms with Crippen LogP contribution in [0.2, 0.25) is 19.6 Å². The third kappa shape index (κ3) is 10.8. The summed E-state index contributed by atoms with van der Waals surface area (Å²) in [5.41, 5.74) is 14.4. The Hall–Kier alpha value is -1.44. The van der Waals surface area contributed by atoms with Crippen LogP contribution in [0.4, 0.5) is 0 Å². The molecule has 0 atom stereocenters. The largest absolute Gasteiger partial charge is 1.00 e. The van der Waals surface area contributed by atoms with Gasteiger partial charge in [-0.05, 0) is 17.4 Å². The van der Waals surface area contributed by atoms with Crippen LogP contribution in [0.15, 0.2) is 66.7 Å². The van der Waals surface area contributed by atoms with Crippen molar-refractivity contribution in [1.29, 1.82) is 0 Å². The molecule has 0 unspecified atom stereocenters. The molecule has 44 heavy (non-hydrogen) atoms. The van der Waals surface area contributed by atoms with Gasteiger partial charge in [-0.25, -0.2) is 6.07 Å². The van der Waals surface area contributed by atoms with E-state index in [-0.39, 0.29) is 35.6 Å². The molecule has 0 aromatic heterocycles. The van der Waals surface area contributed by atoms with Gasteiger partial charge in [-0.3, -0.25) is 0 Å². The van der Waals surface area contributed by atoms with E-state index in [1.807, 2.05) is 0 Å². The minimum absolute atomic E-state index is 0. The van der Waals surface area contributed by atoms with E-state index in [0.717, 1.165) is 6.42 Å². The molecule has 1 aliphatic carbocycles. The number of hydrogen-bond donors (Lipinski definition) is 0. The first-order valence-corrected chi connectivity index (χ1v) is 20.1. The molecule has 0 nitrogen and oxygen atoms in total. The molecule has 0 spiro atoms. The van der Waals surface area contributed by atoms with Crippen molar-refractivity contribution in [1.82, 2.24) is 0 Å². The number of rotatable bonds is 2. The average molecular weight is 723 g/mol. The monoisotopic (exact) mass is 720 g/mol. The van der Waals surface area contributed by atoms with Gasteiger partial charge in [0.2, 0.25) is 0 Å². The quantitative estimate of drug-likeness (QED) is 0.189. The second-order valence-corrected chi connectivity index (χ2v) is 22.1. The van der Waals surface area contributed by atoms with Gasteiger partial charge >= 0.3 is 76.7 Å². The molecule has 0 aliphatic heterocycles. The standard InChI is InChI=1S/C21H25.C10H17Si.C9H10.2ClH.Zr/c1-20(2,3)16-9-7-14-11-15-8-10-17(21(4,5)6)13-19(15)18(14)12-16;1-8-6-9(2)10(7-8)11(3,4)5;1-3-9-6-4-8(2)5-7-9;;;/h7,9-10,12-13H,11H2,1-6H3;6-7H,1-5H3;4-7H,1-2H3;2*1H;/q2*-1;;;;+2/p-2. The molecule has 0 amide bonds. The summed E-state index contributed by atoms with van der Waals surface area (Å²) in [5, 5.41) is 1.62. The Bertz CT molecular complexity index is 1480. The summed E-state index contributed by atoms with van der Waals surface area (Å²) in [7, 11) is -1.06. The molecule has 0 radical (unpaired) electrons. The topological polar surface area (TPSA) is 0 Å². The van der Waals surface area contributed by atoms with E-state index in [9.17, 15) is 0 Å². The predicted octanol–water partition coefficient (Wildman–Crippen LogP) is 4.31. The molecule has 0 heterocycles. The molecule has 4 aromatic carbocycles. The van der Waals surface area contributed by atoms with E-state index in [4.69, 9.17) is 0 Å². The molecule has 0 bridgehead atoms. The molecule has 236 valence electrons. The summed E-state index contributed by atoms with van der Waals surface area (Å²) in [5.74, 6) is 0. The van der Waals surface area contributed by atoms with E-state index < -0.39 is 8.07 Å². The van der Waals surface area contributed by atoms with Gasteiger partial charge < -0.3 is 24.8 Å². The first-order chi connectivity index (χ1) is 19.3. The van der Waals surface area contributed by atoms with Crippen LogP contribution < -0.4 is 30.0 Å². The fourth-order valence-corrected chi connectivity index (χ4v) is 7.72. The summed E-state index contributed by atoms with van der Waals surface area (Å²) >= 11 is 1.51. The maximum absolute atomic E-state index is 3.53. The van der Waals surface area contributed by atoms with Crippen LogP contribution in [0, 0.1) is 26.8 Å². The second kappa shape index (κ2) is 15.9. The van der Waals surface area contributed by atoms with E-state index >= 15 is 0 Å². The number of halogens is 2. The first-order valence-electron chi connectivity index (χ1n) is 15.3. The van der Waals surface area contributed by atoms with E-state index in [0.29, 0.717) is 0 Å². The van der Waals surface area contributed by atoms with Gasteiger partial charge in [-0.2, -0.15) is 51.7 Å². The van der Waals surface area contributed by atoms with Gasteiger partial charge in [0.25, 0.3) is 0 Å². The normalized spacial score (nSPS) is 11.9. The Morgan fingerprint density at radius 3 is 1.75 bits per heavy atom. The van der Waals surface area contributed by atoms with Crippen molar-refractivity contribution < 1.29 is 49.0 Å². The van der Waals surface area contributed by atoms with Crippen LogP contribution >= 0.6 is 0 Å². The summed E-state index contributed by atoms with van der Waals surface area (Å²) in [6, 6.07) is 28.4. The smallest absolute Gasteiger partial charge is 0.00418 e. The number of benzene rings is 3. The zero-order valence-electron chi connectivity index (χ0n) is 29.3. The first kappa shape index (κ1) is 40.6. The zero-order chi connectivity index (χ0) is 31.6. The Labute approximate surface area is 298 Å². The van der Waals surface area contributed by atoms with Gasteiger partial charge in [-0.15, -0.1) is 5.56 Å². The molecular formula is C40H52Cl2SiZr-2. The van der Waals surface area contributed by atoms with Crippen molar-refractivity contribution >= 4 is 16.5 Å². The third-order valence-corrected chi connectivity index (χ3v) is 10.9. The van der Waals surface area contributed by atoms with Crippen molar-refractivity contribution in [2.75, 3.05) is 0 Å². The molecular weight excluding hydrogens is 671 g/mol. The third-order valence-electron chi connectivity index (χ3n) is 8.06.